The van der Waals surface area contributed by atoms with E-state index in [1.165, 1.54) is 12.1 Å². The van der Waals surface area contributed by atoms with Crippen LogP contribution in [0, 0.1) is 5.82 Å². The van der Waals surface area contributed by atoms with Crippen molar-refractivity contribution in [1.29, 1.82) is 0 Å². The average molecular weight is 474 g/mol. The first-order chi connectivity index (χ1) is 16.1. The van der Waals surface area contributed by atoms with Crippen LogP contribution in [0.3, 0.4) is 0 Å². The summed E-state index contributed by atoms with van der Waals surface area (Å²) in [7, 11) is 0. The molecule has 1 heterocycles. The van der Waals surface area contributed by atoms with Crippen LogP contribution in [0.1, 0.15) is 5.89 Å². The summed E-state index contributed by atoms with van der Waals surface area (Å²) >= 11 is 8.07. The Bertz CT molecular complexity index is 1260. The fourth-order valence-electron chi connectivity index (χ4n) is 4.32. The summed E-state index contributed by atoms with van der Waals surface area (Å²) in [5, 5.41) is 3.14. The number of hydrogen-bond acceptors (Lipinski definition) is 2. The van der Waals surface area contributed by atoms with Crippen molar-refractivity contribution in [2.24, 2.45) is 0 Å². The average Bonchev–Trinajstić information content (AvgIpc) is 3.34. The molecule has 5 rings (SSSR count). The van der Waals surface area contributed by atoms with Crippen LogP contribution in [0.15, 0.2) is 126 Å². The van der Waals surface area contributed by atoms with E-state index in [0.717, 1.165) is 21.5 Å². The number of aromatic nitrogens is 1. The molecule has 0 spiro atoms. The van der Waals surface area contributed by atoms with Gasteiger partial charge in [-0.25, -0.2) is 0 Å². The summed E-state index contributed by atoms with van der Waals surface area (Å²) in [5.41, 5.74) is 0.768. The summed E-state index contributed by atoms with van der Waals surface area (Å²) in [6, 6.07) is 36.8. The molecule has 0 radical (unpaired) electrons. The van der Waals surface area contributed by atoms with E-state index in [1.807, 2.05) is 54.6 Å². The quantitative estimate of drug-likeness (QED) is 0.258. The van der Waals surface area contributed by atoms with Gasteiger partial charge < -0.3 is 0 Å². The number of benzene rings is 4. The summed E-state index contributed by atoms with van der Waals surface area (Å²) in [5.74, 6) is -2.69. The molecule has 0 aliphatic heterocycles. The Morgan fingerprint density at radius 1 is 0.667 bits per heavy atom. The number of oxazole rings is 1. The van der Waals surface area contributed by atoms with E-state index in [2.05, 4.69) is 41.4 Å². The molecule has 0 saturated heterocycles. The Morgan fingerprint density at radius 2 is 1.12 bits per heavy atom. The van der Waals surface area contributed by atoms with Gasteiger partial charge in [0, 0.05) is 0 Å². The van der Waals surface area contributed by atoms with Gasteiger partial charge in [0.1, 0.15) is 0 Å². The van der Waals surface area contributed by atoms with E-state index in [9.17, 15) is 4.39 Å². The van der Waals surface area contributed by atoms with Gasteiger partial charge in [-0.2, -0.15) is 0 Å². The maximum absolute atomic E-state index is 13.4. The zero-order valence-electron chi connectivity index (χ0n) is 17.8. The van der Waals surface area contributed by atoms with E-state index in [0.29, 0.717) is 17.8 Å². The van der Waals surface area contributed by atoms with Crippen molar-refractivity contribution >= 4 is 33.1 Å². The first kappa shape index (κ1) is 21.6. The Labute approximate surface area is 197 Å². The molecule has 0 amide bonds. The Kier molecular flexibility index (Phi) is 5.62. The van der Waals surface area contributed by atoms with E-state index in [4.69, 9.17) is 15.7 Å². The fraction of sp³-hybridized carbons (Fsp3) is 0.0357. The van der Waals surface area contributed by atoms with Crippen LogP contribution in [0.2, 0.25) is 0 Å². The third-order valence-corrected chi connectivity index (χ3v) is 13.1. The molecule has 0 saturated carbocycles. The second-order valence-corrected chi connectivity index (χ2v) is 14.4. The molecule has 4 aromatic carbocycles. The van der Waals surface area contributed by atoms with Gasteiger partial charge in [0.2, 0.25) is 0 Å². The Hall–Kier alpha value is -3.26. The van der Waals surface area contributed by atoms with Crippen molar-refractivity contribution in [3.8, 4) is 11.3 Å². The normalized spacial score (nSPS) is 12.7. The molecular formula is C28H22ClFNOP. The van der Waals surface area contributed by atoms with Crippen molar-refractivity contribution in [3.05, 3.63) is 133 Å². The minimum absolute atomic E-state index is 0.290. The van der Waals surface area contributed by atoms with Gasteiger partial charge >= 0.3 is 198 Å². The van der Waals surface area contributed by atoms with Gasteiger partial charge in [-0.05, 0) is 0 Å². The first-order valence-electron chi connectivity index (χ1n) is 10.7. The number of rotatable bonds is 6. The molecule has 1 aromatic heterocycles. The van der Waals surface area contributed by atoms with Crippen LogP contribution in [-0.4, -0.2) is 4.98 Å². The molecule has 164 valence electrons. The molecule has 0 aliphatic rings. The number of nitrogens with zero attached hydrogens (tertiary/aromatic N) is 1. The molecule has 0 unspecified atom stereocenters. The van der Waals surface area contributed by atoms with Crippen LogP contribution in [-0.2, 0) is 6.16 Å². The van der Waals surface area contributed by atoms with Crippen molar-refractivity contribution in [2.75, 3.05) is 0 Å². The number of hydrogen-bond donors (Lipinski definition) is 0. The minimum atomic E-state index is -3.52. The predicted octanol–water partition coefficient (Wildman–Crippen LogP) is 6.66. The standard InChI is InChI=1S/C28H22ClFNOP/c29-33(24-10-4-1-5-11-24,25-12-6-2-7-13-25,26-14-8-3-9-15-26)21-28-31-20-27(32-28)22-16-18-23(30)19-17-22/h1-20H,21H2. The van der Waals surface area contributed by atoms with Crippen LogP contribution < -0.4 is 15.9 Å². The molecule has 5 aromatic rings. The predicted molar refractivity (Wildman–Crippen MR) is 137 cm³/mol. The molecule has 0 aliphatic carbocycles. The zero-order valence-corrected chi connectivity index (χ0v) is 19.5. The molecule has 2 nitrogen and oxygen atoms in total. The van der Waals surface area contributed by atoms with Crippen LogP contribution in [0.25, 0.3) is 11.3 Å². The molecule has 0 bridgehead atoms. The zero-order chi connectivity index (χ0) is 22.8. The topological polar surface area (TPSA) is 26.0 Å². The summed E-state index contributed by atoms with van der Waals surface area (Å²) < 4.78 is 19.6. The van der Waals surface area contributed by atoms with Crippen molar-refractivity contribution in [2.45, 2.75) is 6.16 Å². The van der Waals surface area contributed by atoms with Gasteiger partial charge in [-0.1, -0.05) is 0 Å². The summed E-state index contributed by atoms with van der Waals surface area (Å²) in [6.45, 7) is 0. The van der Waals surface area contributed by atoms with Crippen molar-refractivity contribution in [1.82, 2.24) is 4.98 Å². The Balaban J connectivity index is 1.72. The molecule has 33 heavy (non-hydrogen) atoms. The van der Waals surface area contributed by atoms with Gasteiger partial charge in [0.05, 0.1) is 0 Å². The first-order valence-corrected chi connectivity index (χ1v) is 14.0. The van der Waals surface area contributed by atoms with Crippen LogP contribution >= 0.6 is 17.2 Å². The van der Waals surface area contributed by atoms with E-state index in [-0.39, 0.29) is 5.82 Å². The van der Waals surface area contributed by atoms with Crippen LogP contribution in [0.5, 0.6) is 0 Å². The van der Waals surface area contributed by atoms with Gasteiger partial charge in [-0.3, -0.25) is 0 Å². The van der Waals surface area contributed by atoms with E-state index < -0.39 is 5.96 Å². The third-order valence-electron chi connectivity index (χ3n) is 6.00. The maximum atomic E-state index is 13.4. The van der Waals surface area contributed by atoms with Gasteiger partial charge in [0.25, 0.3) is 0 Å². The number of halogens is 2. The Morgan fingerprint density at radius 3 is 1.58 bits per heavy atom. The monoisotopic (exact) mass is 473 g/mol. The molecular weight excluding hydrogens is 452 g/mol. The fourth-order valence-corrected chi connectivity index (χ4v) is 10.1. The molecule has 0 atom stereocenters. The van der Waals surface area contributed by atoms with E-state index in [1.54, 1.807) is 18.3 Å². The second-order valence-electron chi connectivity index (χ2n) is 7.97. The van der Waals surface area contributed by atoms with Crippen molar-refractivity contribution < 1.29 is 8.81 Å². The second kappa shape index (κ2) is 8.59. The summed E-state index contributed by atoms with van der Waals surface area (Å²) in [6.07, 6.45) is 2.09. The SMILES string of the molecule is Fc1ccc(-c2cnc(CP(Cl)(c3ccccc3)(c3ccccc3)c3ccccc3)o2)cc1. The molecule has 5 heteroatoms. The third kappa shape index (κ3) is 3.78. The summed E-state index contributed by atoms with van der Waals surface area (Å²) in [4.78, 5) is 4.61. The van der Waals surface area contributed by atoms with Crippen molar-refractivity contribution in [3.63, 3.8) is 0 Å². The molecule has 0 fully saturated rings. The molecule has 0 N–H and O–H groups in total. The van der Waals surface area contributed by atoms with Gasteiger partial charge in [-0.15, -0.1) is 0 Å². The van der Waals surface area contributed by atoms with E-state index >= 15 is 0 Å². The van der Waals surface area contributed by atoms with Crippen LogP contribution in [0.4, 0.5) is 4.39 Å². The van der Waals surface area contributed by atoms with Gasteiger partial charge in [0.15, 0.2) is 0 Å².